The van der Waals surface area contributed by atoms with E-state index in [2.05, 4.69) is 0 Å². The first-order valence-corrected chi connectivity index (χ1v) is 4.92. The van der Waals surface area contributed by atoms with E-state index in [1.54, 1.807) is 0 Å². The molecule has 0 radical (unpaired) electrons. The van der Waals surface area contributed by atoms with E-state index < -0.39 is 23.6 Å². The second kappa shape index (κ2) is 3.85. The third kappa shape index (κ3) is 1.74. The van der Waals surface area contributed by atoms with Crippen LogP contribution in [-0.2, 0) is 0 Å². The van der Waals surface area contributed by atoms with Crippen molar-refractivity contribution in [3.8, 4) is 0 Å². The van der Waals surface area contributed by atoms with Gasteiger partial charge in [-0.05, 0) is 24.8 Å². The van der Waals surface area contributed by atoms with E-state index in [9.17, 15) is 18.3 Å². The predicted octanol–water partition coefficient (Wildman–Crippen LogP) is 2.94. The summed E-state index contributed by atoms with van der Waals surface area (Å²) in [4.78, 5) is 0. The van der Waals surface area contributed by atoms with Crippen LogP contribution >= 0.6 is 0 Å². The van der Waals surface area contributed by atoms with E-state index in [-0.39, 0.29) is 11.5 Å². The quantitative estimate of drug-likeness (QED) is 0.753. The van der Waals surface area contributed by atoms with Crippen LogP contribution in [0.25, 0.3) is 0 Å². The Kier molecular flexibility index (Phi) is 2.69. The summed E-state index contributed by atoms with van der Waals surface area (Å²) < 4.78 is 38.8. The average molecular weight is 216 g/mol. The van der Waals surface area contributed by atoms with Crippen LogP contribution in [0.4, 0.5) is 13.2 Å². The molecule has 1 unspecified atom stereocenters. The summed E-state index contributed by atoms with van der Waals surface area (Å²) in [6.07, 6.45) is 1.58. The molecule has 0 aliphatic heterocycles. The van der Waals surface area contributed by atoms with E-state index in [1.807, 2.05) is 0 Å². The minimum Gasteiger partial charge on any atom is -0.388 e. The topological polar surface area (TPSA) is 20.2 Å². The second-order valence-corrected chi connectivity index (χ2v) is 3.90. The van der Waals surface area contributed by atoms with Crippen LogP contribution in [-0.4, -0.2) is 5.11 Å². The molecular weight excluding hydrogens is 205 g/mol. The predicted molar refractivity (Wildman–Crippen MR) is 48.6 cm³/mol. The molecule has 1 atom stereocenters. The van der Waals surface area contributed by atoms with Gasteiger partial charge in [-0.25, -0.2) is 13.2 Å². The zero-order chi connectivity index (χ0) is 11.0. The first-order valence-electron chi connectivity index (χ1n) is 4.92. The summed E-state index contributed by atoms with van der Waals surface area (Å²) in [5.74, 6) is -4.03. The number of hydrogen-bond acceptors (Lipinski definition) is 1. The van der Waals surface area contributed by atoms with Crippen molar-refractivity contribution in [3.63, 3.8) is 0 Å². The Morgan fingerprint density at radius 1 is 1.13 bits per heavy atom. The van der Waals surface area contributed by atoms with Crippen molar-refractivity contribution < 1.29 is 18.3 Å². The van der Waals surface area contributed by atoms with Gasteiger partial charge in [0, 0.05) is 5.56 Å². The molecule has 82 valence electrons. The fraction of sp³-hybridized carbons (Fsp3) is 0.455. The highest BCUT2D eigenvalue weighted by Crippen LogP contribution is 2.38. The lowest BCUT2D eigenvalue weighted by atomic mass is 9.78. The number of halogens is 3. The van der Waals surface area contributed by atoms with Gasteiger partial charge in [0.2, 0.25) is 0 Å². The molecule has 1 N–H and O–H groups in total. The van der Waals surface area contributed by atoms with Crippen molar-refractivity contribution in [3.05, 3.63) is 35.1 Å². The first kappa shape index (κ1) is 10.5. The van der Waals surface area contributed by atoms with Crippen molar-refractivity contribution in [1.29, 1.82) is 0 Å². The van der Waals surface area contributed by atoms with Crippen LogP contribution in [0.3, 0.4) is 0 Å². The van der Waals surface area contributed by atoms with Crippen LogP contribution in [0, 0.1) is 23.4 Å². The Balaban J connectivity index is 2.31. The summed E-state index contributed by atoms with van der Waals surface area (Å²) in [7, 11) is 0. The van der Waals surface area contributed by atoms with Gasteiger partial charge >= 0.3 is 0 Å². The lowest BCUT2D eigenvalue weighted by Crippen LogP contribution is -2.21. The van der Waals surface area contributed by atoms with Gasteiger partial charge in [0.05, 0.1) is 6.10 Å². The van der Waals surface area contributed by atoms with Crippen LogP contribution in [0.15, 0.2) is 12.1 Å². The van der Waals surface area contributed by atoms with Gasteiger partial charge in [-0.3, -0.25) is 0 Å². The molecule has 1 aromatic rings. The molecule has 1 aliphatic rings. The van der Waals surface area contributed by atoms with Gasteiger partial charge in [-0.2, -0.15) is 0 Å². The number of aliphatic hydroxyl groups excluding tert-OH is 1. The molecular formula is C11H11F3O. The van der Waals surface area contributed by atoms with Gasteiger partial charge in [0.15, 0.2) is 17.5 Å². The summed E-state index contributed by atoms with van der Waals surface area (Å²) >= 11 is 0. The fourth-order valence-corrected chi connectivity index (χ4v) is 1.78. The van der Waals surface area contributed by atoms with Crippen LogP contribution < -0.4 is 0 Å². The third-order valence-electron chi connectivity index (χ3n) is 2.98. The smallest absolute Gasteiger partial charge is 0.194 e. The molecule has 0 bridgehead atoms. The van der Waals surface area contributed by atoms with E-state index >= 15 is 0 Å². The van der Waals surface area contributed by atoms with E-state index in [0.29, 0.717) is 0 Å². The van der Waals surface area contributed by atoms with E-state index in [0.717, 1.165) is 31.4 Å². The Bertz CT molecular complexity index is 374. The highest BCUT2D eigenvalue weighted by Gasteiger charge is 2.30. The molecule has 0 spiro atoms. The highest BCUT2D eigenvalue weighted by molar-refractivity contribution is 5.23. The van der Waals surface area contributed by atoms with E-state index in [1.165, 1.54) is 0 Å². The maximum Gasteiger partial charge on any atom is 0.194 e. The minimum atomic E-state index is -1.51. The molecule has 2 rings (SSSR count). The molecule has 1 fully saturated rings. The summed E-state index contributed by atoms with van der Waals surface area (Å²) in [6, 6.07) is 1.95. The fourth-order valence-electron chi connectivity index (χ4n) is 1.78. The maximum atomic E-state index is 13.3. The van der Waals surface area contributed by atoms with Gasteiger partial charge in [-0.1, -0.05) is 12.5 Å². The van der Waals surface area contributed by atoms with Crippen molar-refractivity contribution in [1.82, 2.24) is 0 Å². The third-order valence-corrected chi connectivity index (χ3v) is 2.98. The second-order valence-electron chi connectivity index (χ2n) is 3.90. The van der Waals surface area contributed by atoms with Crippen molar-refractivity contribution in [2.45, 2.75) is 25.4 Å². The summed E-state index contributed by atoms with van der Waals surface area (Å²) in [6.45, 7) is 0. The minimum absolute atomic E-state index is 0.0237. The van der Waals surface area contributed by atoms with E-state index in [4.69, 9.17) is 0 Å². The Morgan fingerprint density at radius 3 is 2.33 bits per heavy atom. The zero-order valence-corrected chi connectivity index (χ0v) is 8.01. The molecule has 1 saturated carbocycles. The molecule has 1 aliphatic carbocycles. The monoisotopic (exact) mass is 216 g/mol. The Labute approximate surface area is 85.5 Å². The SMILES string of the molecule is OC(c1ccc(F)c(F)c1F)C1CCC1. The average Bonchev–Trinajstić information content (AvgIpc) is 2.11. The summed E-state index contributed by atoms with van der Waals surface area (Å²) in [5, 5.41) is 9.71. The van der Waals surface area contributed by atoms with Crippen LogP contribution in [0.2, 0.25) is 0 Å². The van der Waals surface area contributed by atoms with Gasteiger partial charge in [0.25, 0.3) is 0 Å². The Hall–Kier alpha value is -1.03. The van der Waals surface area contributed by atoms with Gasteiger partial charge in [0.1, 0.15) is 0 Å². The maximum absolute atomic E-state index is 13.3. The molecule has 0 aromatic heterocycles. The Morgan fingerprint density at radius 2 is 1.80 bits per heavy atom. The number of benzene rings is 1. The molecule has 0 saturated heterocycles. The van der Waals surface area contributed by atoms with Crippen molar-refractivity contribution in [2.75, 3.05) is 0 Å². The van der Waals surface area contributed by atoms with Crippen LogP contribution in [0.1, 0.15) is 30.9 Å². The first-order chi connectivity index (χ1) is 7.11. The molecule has 4 heteroatoms. The lowest BCUT2D eigenvalue weighted by molar-refractivity contribution is 0.0584. The summed E-state index contributed by atoms with van der Waals surface area (Å²) in [5.41, 5.74) is -0.140. The molecule has 1 aromatic carbocycles. The molecule has 0 amide bonds. The van der Waals surface area contributed by atoms with Crippen LogP contribution in [0.5, 0.6) is 0 Å². The lowest BCUT2D eigenvalue weighted by Gasteiger charge is -2.30. The van der Waals surface area contributed by atoms with Crippen molar-refractivity contribution in [2.24, 2.45) is 5.92 Å². The van der Waals surface area contributed by atoms with Crippen molar-refractivity contribution >= 4 is 0 Å². The normalized spacial score (nSPS) is 18.7. The highest BCUT2D eigenvalue weighted by atomic mass is 19.2. The number of hydrogen-bond donors (Lipinski definition) is 1. The largest absolute Gasteiger partial charge is 0.388 e. The standard InChI is InChI=1S/C11H11F3O/c12-8-5-4-7(9(13)10(8)14)11(15)6-2-1-3-6/h4-6,11,15H,1-3H2. The number of rotatable bonds is 2. The molecule has 1 nitrogen and oxygen atoms in total. The van der Waals surface area contributed by atoms with Gasteiger partial charge in [-0.15, -0.1) is 0 Å². The molecule has 15 heavy (non-hydrogen) atoms. The zero-order valence-electron chi connectivity index (χ0n) is 8.01. The van der Waals surface area contributed by atoms with Gasteiger partial charge < -0.3 is 5.11 Å². The number of aliphatic hydroxyl groups is 1. The molecule has 0 heterocycles.